The quantitative estimate of drug-likeness (QED) is 0.251. The molecule has 0 spiro atoms. The third kappa shape index (κ3) is 7.65. The van der Waals surface area contributed by atoms with Gasteiger partial charge in [0.05, 0.1) is 22.6 Å². The van der Waals surface area contributed by atoms with E-state index in [9.17, 15) is 18.3 Å². The average molecular weight is 642 g/mol. The maximum atomic E-state index is 12.9. The molecule has 0 aliphatic carbocycles. The number of pyridine rings is 1. The van der Waals surface area contributed by atoms with Crippen molar-refractivity contribution in [2.45, 2.75) is 11.8 Å². The molecule has 0 amide bonds. The Hall–Kier alpha value is -3.44. The normalized spacial score (nSPS) is 12.9. The smallest absolute Gasteiger partial charge is 0.336 e. The van der Waals surface area contributed by atoms with Gasteiger partial charge in [-0.1, -0.05) is 18.2 Å². The SMILES string of the molecule is CCOc1ccc(S(=O)(=O)Nc2ccc3nc(N4CCN(c5ccccc5)CC4)cc(C(=O)O)c3c2)cc1.Cl.Cl.Cl. The zero-order valence-corrected chi connectivity index (χ0v) is 25.4. The summed E-state index contributed by atoms with van der Waals surface area (Å²) in [5, 5.41) is 10.3. The molecule has 13 heteroatoms. The first-order valence-corrected chi connectivity index (χ1v) is 13.8. The Bertz CT molecular complexity index is 1570. The first kappa shape index (κ1) is 33.8. The van der Waals surface area contributed by atoms with Gasteiger partial charge in [0.25, 0.3) is 10.0 Å². The predicted octanol–water partition coefficient (Wildman–Crippen LogP) is 5.72. The fourth-order valence-corrected chi connectivity index (χ4v) is 5.59. The number of aromatic carboxylic acids is 1. The first-order valence-electron chi connectivity index (χ1n) is 12.3. The Labute approximate surface area is 257 Å². The molecule has 4 aromatic rings. The van der Waals surface area contributed by atoms with Crippen LogP contribution in [0, 0.1) is 0 Å². The molecule has 9 nitrogen and oxygen atoms in total. The van der Waals surface area contributed by atoms with Gasteiger partial charge in [0.1, 0.15) is 11.6 Å². The largest absolute Gasteiger partial charge is 0.494 e. The van der Waals surface area contributed by atoms with Crippen molar-refractivity contribution < 1.29 is 23.1 Å². The van der Waals surface area contributed by atoms with Crippen molar-refractivity contribution in [2.75, 3.05) is 47.3 Å². The van der Waals surface area contributed by atoms with Crippen molar-refractivity contribution in [3.05, 3.63) is 84.4 Å². The highest BCUT2D eigenvalue weighted by Crippen LogP contribution is 2.28. The van der Waals surface area contributed by atoms with Gasteiger partial charge < -0.3 is 19.6 Å². The summed E-state index contributed by atoms with van der Waals surface area (Å²) >= 11 is 0. The summed E-state index contributed by atoms with van der Waals surface area (Å²) in [6.07, 6.45) is 0. The van der Waals surface area contributed by atoms with Gasteiger partial charge in [0, 0.05) is 42.9 Å². The molecule has 1 aliphatic rings. The van der Waals surface area contributed by atoms with Crippen LogP contribution in [-0.2, 0) is 10.0 Å². The van der Waals surface area contributed by atoms with Gasteiger partial charge in [0.2, 0.25) is 0 Å². The molecule has 0 saturated carbocycles. The average Bonchev–Trinajstić information content (AvgIpc) is 2.93. The van der Waals surface area contributed by atoms with E-state index in [1.165, 1.54) is 18.2 Å². The zero-order valence-electron chi connectivity index (χ0n) is 22.1. The molecule has 1 aromatic heterocycles. The van der Waals surface area contributed by atoms with E-state index in [-0.39, 0.29) is 53.4 Å². The molecule has 41 heavy (non-hydrogen) atoms. The summed E-state index contributed by atoms with van der Waals surface area (Å²) < 4.78 is 33.7. The molecule has 5 rings (SSSR count). The number of piperazine rings is 1. The highest BCUT2D eigenvalue weighted by Gasteiger charge is 2.22. The first-order chi connectivity index (χ1) is 18.3. The number of benzene rings is 3. The maximum Gasteiger partial charge on any atom is 0.336 e. The Morgan fingerprint density at radius 2 is 1.54 bits per heavy atom. The molecule has 220 valence electrons. The molecular weight excluding hydrogens is 611 g/mol. The molecule has 0 unspecified atom stereocenters. The molecule has 2 N–H and O–H groups in total. The number of nitrogens with zero attached hydrogens (tertiary/aromatic N) is 3. The molecule has 2 heterocycles. The van der Waals surface area contributed by atoms with E-state index < -0.39 is 16.0 Å². The van der Waals surface area contributed by atoms with Crippen LogP contribution >= 0.6 is 37.2 Å². The number of carboxylic acids is 1. The Balaban J connectivity index is 0.00000196. The van der Waals surface area contributed by atoms with Crippen LogP contribution in [0.15, 0.2) is 83.8 Å². The summed E-state index contributed by atoms with van der Waals surface area (Å²) in [5.74, 6) is 0.0602. The molecule has 0 radical (unpaired) electrons. The number of para-hydroxylation sites is 1. The lowest BCUT2D eigenvalue weighted by Gasteiger charge is -2.37. The molecule has 1 aliphatic heterocycles. The van der Waals surface area contributed by atoms with E-state index >= 15 is 0 Å². The molecule has 3 aromatic carbocycles. The number of carboxylic acid groups (broad SMARTS) is 1. The molecule has 1 fully saturated rings. The summed E-state index contributed by atoms with van der Waals surface area (Å²) in [7, 11) is -3.89. The van der Waals surface area contributed by atoms with Crippen molar-refractivity contribution >= 4 is 81.3 Å². The monoisotopic (exact) mass is 640 g/mol. The van der Waals surface area contributed by atoms with Crippen LogP contribution in [0.25, 0.3) is 10.9 Å². The number of carbonyl (C=O) groups is 1. The second kappa shape index (κ2) is 14.5. The van der Waals surface area contributed by atoms with Crippen molar-refractivity contribution in [1.82, 2.24) is 4.98 Å². The van der Waals surface area contributed by atoms with E-state index in [0.717, 1.165) is 18.8 Å². The maximum absolute atomic E-state index is 12.9. The van der Waals surface area contributed by atoms with E-state index in [2.05, 4.69) is 26.7 Å². The van der Waals surface area contributed by atoms with E-state index in [4.69, 9.17) is 9.72 Å². The number of ether oxygens (including phenoxy) is 1. The van der Waals surface area contributed by atoms with Crippen LogP contribution < -0.4 is 19.3 Å². The lowest BCUT2D eigenvalue weighted by atomic mass is 10.1. The number of hydrogen-bond donors (Lipinski definition) is 2. The van der Waals surface area contributed by atoms with Crippen molar-refractivity contribution in [3.63, 3.8) is 0 Å². The fraction of sp³-hybridized carbons (Fsp3) is 0.214. The Kier molecular flexibility index (Phi) is 11.9. The standard InChI is InChI=1S/C28H28N4O5S.3ClH/c1-2-37-22-9-11-23(12-10-22)38(35,36)30-20-8-13-26-24(18-20)25(28(33)34)19-27(29-26)32-16-14-31(15-17-32)21-6-4-3-5-7-21;;;/h3-13,18-19,30H,2,14-17H2,1H3,(H,33,34);3*1H. The van der Waals surface area contributed by atoms with Gasteiger partial charge in [-0.15, -0.1) is 37.2 Å². The number of hydrogen-bond acceptors (Lipinski definition) is 7. The lowest BCUT2D eigenvalue weighted by molar-refractivity contribution is 0.0699. The number of nitrogens with one attached hydrogen (secondary N) is 1. The number of halogens is 3. The molecule has 1 saturated heterocycles. The van der Waals surface area contributed by atoms with E-state index in [0.29, 0.717) is 42.2 Å². The van der Waals surface area contributed by atoms with Crippen LogP contribution in [-0.4, -0.2) is 57.3 Å². The number of rotatable bonds is 8. The van der Waals surface area contributed by atoms with Crippen LogP contribution in [0.4, 0.5) is 17.2 Å². The van der Waals surface area contributed by atoms with Gasteiger partial charge in [-0.25, -0.2) is 18.2 Å². The lowest BCUT2D eigenvalue weighted by Crippen LogP contribution is -2.46. The minimum atomic E-state index is -3.89. The molecular formula is C28H31Cl3N4O5S. The minimum absolute atomic E-state index is 0. The summed E-state index contributed by atoms with van der Waals surface area (Å²) in [6, 6.07) is 22.6. The number of aromatic nitrogens is 1. The molecule has 0 bridgehead atoms. The summed E-state index contributed by atoms with van der Waals surface area (Å²) in [5.41, 5.74) is 1.96. The van der Waals surface area contributed by atoms with Crippen molar-refractivity contribution in [1.29, 1.82) is 0 Å². The Morgan fingerprint density at radius 1 is 0.902 bits per heavy atom. The predicted molar refractivity (Wildman–Crippen MR) is 170 cm³/mol. The van der Waals surface area contributed by atoms with Crippen LogP contribution in [0.1, 0.15) is 17.3 Å². The second-order valence-corrected chi connectivity index (χ2v) is 10.6. The van der Waals surface area contributed by atoms with Gasteiger partial charge in [-0.2, -0.15) is 0 Å². The highest BCUT2D eigenvalue weighted by atomic mass is 35.5. The highest BCUT2D eigenvalue weighted by molar-refractivity contribution is 7.92. The third-order valence-electron chi connectivity index (χ3n) is 6.45. The number of sulfonamides is 1. The number of anilines is 3. The van der Waals surface area contributed by atoms with Crippen LogP contribution in [0.5, 0.6) is 5.75 Å². The van der Waals surface area contributed by atoms with Crippen molar-refractivity contribution in [2.24, 2.45) is 0 Å². The number of fused-ring (bicyclic) bond motifs is 1. The Morgan fingerprint density at radius 3 is 2.15 bits per heavy atom. The van der Waals surface area contributed by atoms with Gasteiger partial charge >= 0.3 is 5.97 Å². The third-order valence-corrected chi connectivity index (χ3v) is 7.85. The van der Waals surface area contributed by atoms with Crippen molar-refractivity contribution in [3.8, 4) is 5.75 Å². The molecule has 0 atom stereocenters. The van der Waals surface area contributed by atoms with E-state index in [1.54, 1.807) is 30.3 Å². The van der Waals surface area contributed by atoms with Gasteiger partial charge in [0.15, 0.2) is 0 Å². The fourth-order valence-electron chi connectivity index (χ4n) is 4.54. The van der Waals surface area contributed by atoms with Crippen LogP contribution in [0.3, 0.4) is 0 Å². The summed E-state index contributed by atoms with van der Waals surface area (Å²) in [6.45, 7) is 5.31. The van der Waals surface area contributed by atoms with Crippen LogP contribution in [0.2, 0.25) is 0 Å². The van der Waals surface area contributed by atoms with Gasteiger partial charge in [-0.3, -0.25) is 4.72 Å². The summed E-state index contributed by atoms with van der Waals surface area (Å²) in [4.78, 5) is 21.3. The second-order valence-electron chi connectivity index (χ2n) is 8.88. The minimum Gasteiger partial charge on any atom is -0.494 e. The topological polar surface area (TPSA) is 112 Å². The van der Waals surface area contributed by atoms with Gasteiger partial charge in [-0.05, 0) is 67.6 Å². The van der Waals surface area contributed by atoms with E-state index in [1.807, 2.05) is 25.1 Å². The zero-order chi connectivity index (χ0) is 26.7.